The first-order valence-corrected chi connectivity index (χ1v) is 7.39. The molecule has 0 saturated heterocycles. The summed E-state index contributed by atoms with van der Waals surface area (Å²) in [5.41, 5.74) is 0.0805. The smallest absolute Gasteiger partial charge is 0.301 e. The van der Waals surface area contributed by atoms with Crippen molar-refractivity contribution >= 4 is 11.7 Å². The lowest BCUT2D eigenvalue weighted by atomic mass is 9.83. The molecule has 1 aliphatic heterocycles. The quantitative estimate of drug-likeness (QED) is 0.574. The molecule has 9 nitrogen and oxygen atoms in total. The monoisotopic (exact) mass is 332 g/mol. The number of phenolic OH excluding ortho intramolecular Hbond substituents is 1. The van der Waals surface area contributed by atoms with E-state index in [1.807, 2.05) is 13.8 Å². The fourth-order valence-corrected chi connectivity index (χ4v) is 3.01. The molecule has 0 spiro atoms. The molecule has 2 aromatic rings. The van der Waals surface area contributed by atoms with E-state index < -0.39 is 28.3 Å². The Morgan fingerprint density at radius 2 is 1.88 bits per heavy atom. The van der Waals surface area contributed by atoms with Gasteiger partial charge in [0.1, 0.15) is 11.6 Å². The number of hydrogen-bond acceptors (Lipinski definition) is 5. The summed E-state index contributed by atoms with van der Waals surface area (Å²) in [6.45, 7) is 3.63. The van der Waals surface area contributed by atoms with Gasteiger partial charge in [0.25, 0.3) is 5.56 Å². The number of nitro groups is 1. The third kappa shape index (κ3) is 2.34. The predicted molar refractivity (Wildman–Crippen MR) is 84.8 cm³/mol. The SMILES string of the molecule is CC(C)n1[nH]c(=O)c2c1NC(=O)[C@H]([N+](=O)[O-])[C@H]2c1ccc(O)cc1. The molecule has 0 fully saturated rings. The third-order valence-electron chi connectivity index (χ3n) is 4.10. The minimum atomic E-state index is -1.62. The Kier molecular flexibility index (Phi) is 3.63. The number of rotatable bonds is 3. The van der Waals surface area contributed by atoms with Gasteiger partial charge >= 0.3 is 11.9 Å². The van der Waals surface area contributed by atoms with Gasteiger partial charge in [0.15, 0.2) is 0 Å². The van der Waals surface area contributed by atoms with Crippen LogP contribution in [0.4, 0.5) is 5.82 Å². The van der Waals surface area contributed by atoms with Crippen molar-refractivity contribution in [2.24, 2.45) is 0 Å². The predicted octanol–water partition coefficient (Wildman–Crippen LogP) is 1.19. The first-order chi connectivity index (χ1) is 11.3. The minimum absolute atomic E-state index is 0.00875. The zero-order valence-electron chi connectivity index (χ0n) is 13.0. The van der Waals surface area contributed by atoms with E-state index in [4.69, 9.17) is 0 Å². The number of aromatic nitrogens is 2. The molecule has 24 heavy (non-hydrogen) atoms. The number of carbonyl (C=O) groups is 1. The minimum Gasteiger partial charge on any atom is -0.508 e. The van der Waals surface area contributed by atoms with Gasteiger partial charge in [0.05, 0.1) is 11.5 Å². The number of benzene rings is 1. The number of nitrogens with one attached hydrogen (secondary N) is 2. The summed E-state index contributed by atoms with van der Waals surface area (Å²) < 4.78 is 1.49. The highest BCUT2D eigenvalue weighted by molar-refractivity contribution is 5.97. The lowest BCUT2D eigenvalue weighted by molar-refractivity contribution is -0.509. The summed E-state index contributed by atoms with van der Waals surface area (Å²) in [6.07, 6.45) is 0. The van der Waals surface area contributed by atoms with E-state index >= 15 is 0 Å². The summed E-state index contributed by atoms with van der Waals surface area (Å²) >= 11 is 0. The van der Waals surface area contributed by atoms with Gasteiger partial charge in [0.2, 0.25) is 0 Å². The Bertz CT molecular complexity index is 865. The van der Waals surface area contributed by atoms with Crippen LogP contribution in [0, 0.1) is 10.1 Å². The van der Waals surface area contributed by atoms with Crippen LogP contribution in [0.5, 0.6) is 5.75 Å². The lowest BCUT2D eigenvalue weighted by Gasteiger charge is -2.26. The van der Waals surface area contributed by atoms with E-state index in [1.165, 1.54) is 28.9 Å². The molecule has 126 valence electrons. The number of nitrogens with zero attached hydrogens (tertiary/aromatic N) is 2. The lowest BCUT2D eigenvalue weighted by Crippen LogP contribution is -2.45. The second kappa shape index (κ2) is 5.52. The summed E-state index contributed by atoms with van der Waals surface area (Å²) in [7, 11) is 0. The number of hydrogen-bond donors (Lipinski definition) is 3. The molecule has 0 unspecified atom stereocenters. The van der Waals surface area contributed by atoms with Crippen LogP contribution in [0.25, 0.3) is 0 Å². The zero-order chi connectivity index (χ0) is 17.6. The highest BCUT2D eigenvalue weighted by Gasteiger charge is 2.48. The maximum Gasteiger partial charge on any atom is 0.301 e. The van der Waals surface area contributed by atoms with Gasteiger partial charge in [-0.1, -0.05) is 12.1 Å². The normalized spacial score (nSPS) is 19.9. The van der Waals surface area contributed by atoms with E-state index in [1.54, 1.807) is 0 Å². The van der Waals surface area contributed by atoms with Crippen LogP contribution < -0.4 is 10.9 Å². The topological polar surface area (TPSA) is 130 Å². The molecule has 0 radical (unpaired) electrons. The van der Waals surface area contributed by atoms with Crippen molar-refractivity contribution in [3.05, 3.63) is 55.9 Å². The molecule has 1 aromatic heterocycles. The molecule has 1 aliphatic rings. The third-order valence-corrected chi connectivity index (χ3v) is 4.10. The number of amides is 1. The molecule has 0 aliphatic carbocycles. The van der Waals surface area contributed by atoms with Crippen molar-refractivity contribution in [1.29, 1.82) is 0 Å². The Hall–Kier alpha value is -3.10. The molecule has 3 N–H and O–H groups in total. The maximum absolute atomic E-state index is 12.4. The number of aromatic amines is 1. The average Bonchev–Trinajstić information content (AvgIpc) is 2.83. The van der Waals surface area contributed by atoms with Gasteiger partial charge < -0.3 is 10.4 Å². The maximum atomic E-state index is 12.4. The van der Waals surface area contributed by atoms with E-state index in [9.17, 15) is 24.8 Å². The summed E-state index contributed by atoms with van der Waals surface area (Å²) in [6, 6.07) is 3.93. The van der Waals surface area contributed by atoms with Gasteiger partial charge in [-0.05, 0) is 31.5 Å². The largest absolute Gasteiger partial charge is 0.508 e. The second-order valence-corrected chi connectivity index (χ2v) is 5.96. The highest BCUT2D eigenvalue weighted by Crippen LogP contribution is 2.37. The molecule has 2 heterocycles. The summed E-state index contributed by atoms with van der Waals surface area (Å²) in [5, 5.41) is 26.0. The van der Waals surface area contributed by atoms with Crippen LogP contribution in [0.1, 0.15) is 36.9 Å². The molecular formula is C15H16N4O5. The standard InChI is InChI=1S/C15H16N4O5/c1-7(2)18-13-11(14(21)17-18)10(8-3-5-9(20)6-4-8)12(19(23)24)15(22)16-13/h3-7,10,12,20H,1-2H3,(H,16,22)(H,17,21)/t10-,12+/m0/s1. The summed E-state index contributed by atoms with van der Waals surface area (Å²) in [4.78, 5) is 35.5. The molecule has 3 rings (SSSR count). The molecule has 1 aromatic carbocycles. The van der Waals surface area contributed by atoms with Gasteiger partial charge in [-0.15, -0.1) is 0 Å². The van der Waals surface area contributed by atoms with Crippen molar-refractivity contribution in [3.8, 4) is 5.75 Å². The van der Waals surface area contributed by atoms with Crippen molar-refractivity contribution in [3.63, 3.8) is 0 Å². The molecule has 2 atom stereocenters. The number of anilines is 1. The number of fused-ring (bicyclic) bond motifs is 1. The first kappa shape index (κ1) is 15.8. The zero-order valence-corrected chi connectivity index (χ0v) is 13.0. The van der Waals surface area contributed by atoms with Crippen LogP contribution in [-0.4, -0.2) is 31.8 Å². The molecule has 9 heteroatoms. The van der Waals surface area contributed by atoms with Gasteiger partial charge in [-0.25, -0.2) is 0 Å². The molecule has 0 saturated carbocycles. The van der Waals surface area contributed by atoms with Crippen molar-refractivity contribution in [2.45, 2.75) is 31.8 Å². The molecule has 1 amide bonds. The Labute approximate surface area is 136 Å². The second-order valence-electron chi connectivity index (χ2n) is 5.96. The van der Waals surface area contributed by atoms with Crippen LogP contribution in [0.15, 0.2) is 29.1 Å². The molecular weight excluding hydrogens is 316 g/mol. The van der Waals surface area contributed by atoms with Crippen LogP contribution in [-0.2, 0) is 4.79 Å². The fourth-order valence-electron chi connectivity index (χ4n) is 3.01. The van der Waals surface area contributed by atoms with Crippen LogP contribution in [0.2, 0.25) is 0 Å². The summed E-state index contributed by atoms with van der Waals surface area (Å²) in [5.74, 6) is -1.58. The molecule has 0 bridgehead atoms. The number of phenols is 1. The van der Waals surface area contributed by atoms with Crippen LogP contribution >= 0.6 is 0 Å². The van der Waals surface area contributed by atoms with E-state index in [-0.39, 0.29) is 23.2 Å². The number of H-pyrrole nitrogens is 1. The first-order valence-electron chi connectivity index (χ1n) is 7.39. The van der Waals surface area contributed by atoms with E-state index in [2.05, 4.69) is 10.4 Å². The van der Waals surface area contributed by atoms with E-state index in [0.717, 1.165) is 0 Å². The Morgan fingerprint density at radius 3 is 2.42 bits per heavy atom. The van der Waals surface area contributed by atoms with Crippen molar-refractivity contribution in [1.82, 2.24) is 9.78 Å². The van der Waals surface area contributed by atoms with Gasteiger partial charge in [-0.2, -0.15) is 0 Å². The van der Waals surface area contributed by atoms with E-state index in [0.29, 0.717) is 5.56 Å². The van der Waals surface area contributed by atoms with Gasteiger partial charge in [0, 0.05) is 11.0 Å². The van der Waals surface area contributed by atoms with Crippen LogP contribution in [0.3, 0.4) is 0 Å². The van der Waals surface area contributed by atoms with Crippen molar-refractivity contribution < 1.29 is 14.8 Å². The average molecular weight is 332 g/mol. The Morgan fingerprint density at radius 1 is 1.25 bits per heavy atom. The van der Waals surface area contributed by atoms with Gasteiger partial charge in [-0.3, -0.25) is 29.5 Å². The van der Waals surface area contributed by atoms with Crippen molar-refractivity contribution in [2.75, 3.05) is 5.32 Å². The fraction of sp³-hybridized carbons (Fsp3) is 0.333. The number of carbonyl (C=O) groups excluding carboxylic acids is 1. The number of aromatic hydroxyl groups is 1. The highest BCUT2D eigenvalue weighted by atomic mass is 16.6. The Balaban J connectivity index is 2.27.